The van der Waals surface area contributed by atoms with Crippen molar-refractivity contribution in [2.45, 2.75) is 33.2 Å². The average Bonchev–Trinajstić information content (AvgIpc) is 2.21. The van der Waals surface area contributed by atoms with Gasteiger partial charge in [-0.05, 0) is 24.6 Å². The molecule has 0 aliphatic rings. The van der Waals surface area contributed by atoms with Gasteiger partial charge in [0.15, 0.2) is 4.77 Å². The van der Waals surface area contributed by atoms with Gasteiger partial charge in [0.1, 0.15) is 0 Å². The topological polar surface area (TPSA) is 75.1 Å². The van der Waals surface area contributed by atoms with E-state index < -0.39 is 5.97 Å². The number of nitrogens with one attached hydrogen (secondary N) is 1. The molecular formula is C11H16N2O3S. The minimum Gasteiger partial charge on any atom is -0.481 e. The molecule has 5 nitrogen and oxygen atoms in total. The zero-order chi connectivity index (χ0) is 13.0. The number of H-pyrrole nitrogens is 1. The molecule has 0 unspecified atom stereocenters. The Morgan fingerprint density at radius 1 is 1.59 bits per heavy atom. The second kappa shape index (κ2) is 5.77. The summed E-state index contributed by atoms with van der Waals surface area (Å²) in [6, 6.07) is 0. The molecule has 1 heterocycles. The summed E-state index contributed by atoms with van der Waals surface area (Å²) < 4.78 is 1.76. The molecule has 0 radical (unpaired) electrons. The van der Waals surface area contributed by atoms with Crippen LogP contribution in [0.15, 0.2) is 11.0 Å². The van der Waals surface area contributed by atoms with Gasteiger partial charge in [-0.3, -0.25) is 14.2 Å². The normalized spacial score (nSPS) is 10.8. The Balaban J connectivity index is 3.07. The summed E-state index contributed by atoms with van der Waals surface area (Å²) in [5.41, 5.74) is -0.0772. The summed E-state index contributed by atoms with van der Waals surface area (Å²) in [6.07, 6.45) is 1.92. The smallest absolute Gasteiger partial charge is 0.308 e. The Bertz CT molecular complexity index is 516. The molecule has 17 heavy (non-hydrogen) atoms. The maximum atomic E-state index is 12.0. The van der Waals surface area contributed by atoms with Crippen molar-refractivity contribution in [1.29, 1.82) is 0 Å². The number of carboxylic acids is 1. The first-order valence-corrected chi connectivity index (χ1v) is 5.86. The lowest BCUT2D eigenvalue weighted by Crippen LogP contribution is -2.27. The van der Waals surface area contributed by atoms with Crippen LogP contribution in [0.3, 0.4) is 0 Å². The lowest BCUT2D eigenvalue weighted by atomic mass is 10.1. The summed E-state index contributed by atoms with van der Waals surface area (Å²) in [5, 5.41) is 8.68. The highest BCUT2D eigenvalue weighted by atomic mass is 32.1. The monoisotopic (exact) mass is 256 g/mol. The highest BCUT2D eigenvalue weighted by Crippen LogP contribution is 2.02. The van der Waals surface area contributed by atoms with Crippen molar-refractivity contribution < 1.29 is 9.90 Å². The number of aliphatic carboxylic acids is 1. The van der Waals surface area contributed by atoms with Gasteiger partial charge in [-0.1, -0.05) is 13.8 Å². The van der Waals surface area contributed by atoms with Crippen LogP contribution < -0.4 is 5.56 Å². The summed E-state index contributed by atoms with van der Waals surface area (Å²) >= 11 is 5.02. The number of carbonyl (C=O) groups is 1. The van der Waals surface area contributed by atoms with Crippen molar-refractivity contribution in [2.75, 3.05) is 0 Å². The van der Waals surface area contributed by atoms with Gasteiger partial charge in [0.25, 0.3) is 5.56 Å². The Kier molecular flexibility index (Phi) is 4.62. The number of carboxylic acid groups (broad SMARTS) is 1. The maximum Gasteiger partial charge on any atom is 0.308 e. The SMILES string of the molecule is CC(C)CCn1c(=S)[nH]cc(CC(=O)O)c1=O. The van der Waals surface area contributed by atoms with Gasteiger partial charge >= 0.3 is 5.97 Å². The lowest BCUT2D eigenvalue weighted by Gasteiger charge is -2.09. The predicted molar refractivity (Wildman–Crippen MR) is 66.7 cm³/mol. The molecule has 6 heteroatoms. The van der Waals surface area contributed by atoms with Crippen molar-refractivity contribution in [3.63, 3.8) is 0 Å². The van der Waals surface area contributed by atoms with Crippen LogP contribution in [0.5, 0.6) is 0 Å². The van der Waals surface area contributed by atoms with Gasteiger partial charge in [0.05, 0.1) is 6.42 Å². The standard InChI is InChI=1S/C11H16N2O3S/c1-7(2)3-4-13-10(16)8(5-9(14)15)6-12-11(13)17/h6-7H,3-5H2,1-2H3,(H,12,17)(H,14,15). The van der Waals surface area contributed by atoms with Gasteiger partial charge in [-0.25, -0.2) is 0 Å². The second-order valence-electron chi connectivity index (χ2n) is 4.33. The molecule has 0 saturated carbocycles. The van der Waals surface area contributed by atoms with Crippen molar-refractivity contribution in [2.24, 2.45) is 5.92 Å². The van der Waals surface area contributed by atoms with E-state index in [9.17, 15) is 9.59 Å². The van der Waals surface area contributed by atoms with E-state index in [1.54, 1.807) is 0 Å². The van der Waals surface area contributed by atoms with Crippen molar-refractivity contribution >= 4 is 18.2 Å². The molecule has 0 spiro atoms. The summed E-state index contributed by atoms with van der Waals surface area (Å²) in [5.74, 6) is -0.567. The molecular weight excluding hydrogens is 240 g/mol. The van der Waals surface area contributed by atoms with Crippen LogP contribution in [0.1, 0.15) is 25.8 Å². The molecule has 2 N–H and O–H groups in total. The zero-order valence-corrected chi connectivity index (χ0v) is 10.7. The minimum absolute atomic E-state index is 0.231. The van der Waals surface area contributed by atoms with Crippen molar-refractivity contribution in [3.8, 4) is 0 Å². The summed E-state index contributed by atoms with van der Waals surface area (Å²) in [6.45, 7) is 4.62. The number of nitrogens with zero attached hydrogens (tertiary/aromatic N) is 1. The lowest BCUT2D eigenvalue weighted by molar-refractivity contribution is -0.136. The van der Waals surface area contributed by atoms with E-state index in [0.717, 1.165) is 6.42 Å². The van der Waals surface area contributed by atoms with Crippen LogP contribution in [0, 0.1) is 10.7 Å². The third-order valence-electron chi connectivity index (χ3n) is 2.41. The van der Waals surface area contributed by atoms with Gasteiger partial charge in [-0.15, -0.1) is 0 Å². The molecule has 0 amide bonds. The van der Waals surface area contributed by atoms with Crippen molar-refractivity contribution in [3.05, 3.63) is 26.9 Å². The van der Waals surface area contributed by atoms with Crippen LogP contribution in [-0.4, -0.2) is 20.6 Å². The minimum atomic E-state index is -1.02. The van der Waals surface area contributed by atoms with Crippen LogP contribution >= 0.6 is 12.2 Å². The molecule has 0 atom stereocenters. The Labute approximate surface area is 104 Å². The molecule has 1 rings (SSSR count). The highest BCUT2D eigenvalue weighted by molar-refractivity contribution is 7.71. The van der Waals surface area contributed by atoms with E-state index in [1.807, 2.05) is 0 Å². The van der Waals surface area contributed by atoms with E-state index in [-0.39, 0.29) is 17.5 Å². The van der Waals surface area contributed by atoms with Crippen LogP contribution in [0.25, 0.3) is 0 Å². The summed E-state index contributed by atoms with van der Waals surface area (Å²) in [4.78, 5) is 25.3. The third kappa shape index (κ3) is 3.81. The molecule has 0 aromatic carbocycles. The van der Waals surface area contributed by atoms with E-state index in [4.69, 9.17) is 17.3 Å². The van der Waals surface area contributed by atoms with Crippen molar-refractivity contribution in [1.82, 2.24) is 9.55 Å². The van der Waals surface area contributed by atoms with E-state index in [1.165, 1.54) is 10.8 Å². The fourth-order valence-corrected chi connectivity index (χ4v) is 1.67. The molecule has 0 aliphatic carbocycles. The zero-order valence-electron chi connectivity index (χ0n) is 9.90. The fourth-order valence-electron chi connectivity index (χ4n) is 1.43. The first-order chi connectivity index (χ1) is 7.91. The van der Waals surface area contributed by atoms with Gasteiger partial charge < -0.3 is 10.1 Å². The van der Waals surface area contributed by atoms with Crippen LogP contribution in [-0.2, 0) is 17.8 Å². The van der Waals surface area contributed by atoms with Crippen LogP contribution in [0.2, 0.25) is 0 Å². The Morgan fingerprint density at radius 2 is 2.24 bits per heavy atom. The Hall–Kier alpha value is -1.43. The fraction of sp³-hybridized carbons (Fsp3) is 0.545. The molecule has 0 aliphatic heterocycles. The quantitative estimate of drug-likeness (QED) is 0.784. The first kappa shape index (κ1) is 13.6. The molecule has 0 fully saturated rings. The molecule has 0 saturated heterocycles. The molecule has 0 bridgehead atoms. The predicted octanol–water partition coefficient (Wildman–Crippen LogP) is 1.58. The number of hydrogen-bond donors (Lipinski definition) is 2. The summed E-state index contributed by atoms with van der Waals surface area (Å²) in [7, 11) is 0. The number of aromatic nitrogens is 2. The van der Waals surface area contributed by atoms with Gasteiger partial charge in [-0.2, -0.15) is 0 Å². The van der Waals surface area contributed by atoms with Crippen LogP contribution in [0.4, 0.5) is 0 Å². The van der Waals surface area contributed by atoms with E-state index >= 15 is 0 Å². The van der Waals surface area contributed by atoms with E-state index in [2.05, 4.69) is 18.8 Å². The number of aromatic amines is 1. The Morgan fingerprint density at radius 3 is 2.76 bits per heavy atom. The van der Waals surface area contributed by atoms with E-state index in [0.29, 0.717) is 17.2 Å². The van der Waals surface area contributed by atoms with Gasteiger partial charge in [0.2, 0.25) is 0 Å². The second-order valence-corrected chi connectivity index (χ2v) is 4.72. The number of rotatable bonds is 5. The largest absolute Gasteiger partial charge is 0.481 e. The average molecular weight is 256 g/mol. The molecule has 1 aromatic heterocycles. The first-order valence-electron chi connectivity index (χ1n) is 5.45. The maximum absolute atomic E-state index is 12.0. The highest BCUT2D eigenvalue weighted by Gasteiger charge is 2.09. The molecule has 1 aromatic rings. The molecule has 94 valence electrons. The third-order valence-corrected chi connectivity index (χ3v) is 2.74. The number of hydrogen-bond acceptors (Lipinski definition) is 3. The van der Waals surface area contributed by atoms with Gasteiger partial charge in [0, 0.05) is 18.3 Å².